The van der Waals surface area contributed by atoms with Crippen molar-refractivity contribution in [3.05, 3.63) is 65.5 Å². The van der Waals surface area contributed by atoms with Gasteiger partial charge < -0.3 is 14.7 Å². The molecule has 1 fully saturated rings. The molecule has 1 aliphatic heterocycles. The molecule has 1 unspecified atom stereocenters. The third kappa shape index (κ3) is 4.03. The van der Waals surface area contributed by atoms with E-state index < -0.39 is 0 Å². The molecule has 2 heterocycles. The van der Waals surface area contributed by atoms with Crippen LogP contribution < -0.4 is 10.2 Å². The topological polar surface area (TPSA) is 88.3 Å². The van der Waals surface area contributed by atoms with E-state index in [9.17, 15) is 9.59 Å². The van der Waals surface area contributed by atoms with Crippen LogP contribution >= 0.6 is 0 Å². The van der Waals surface area contributed by atoms with Crippen molar-refractivity contribution in [2.24, 2.45) is 5.92 Å². The molecular formula is C22H22N4O3. The predicted octanol–water partition coefficient (Wildman–Crippen LogP) is 3.02. The molecule has 148 valence electrons. The maximum Gasteiger partial charge on any atom is 0.227 e. The van der Waals surface area contributed by atoms with Crippen LogP contribution in [0.5, 0.6) is 0 Å². The number of amides is 2. The van der Waals surface area contributed by atoms with E-state index in [2.05, 4.69) is 15.5 Å². The SMILES string of the molecule is Cc1nc(-c2cccc(N3CC(C(=O)NCc4ccccc4C)CC3=O)c2)no1. The Labute approximate surface area is 168 Å². The minimum absolute atomic E-state index is 0.0671. The number of hydrogen-bond acceptors (Lipinski definition) is 5. The number of carbonyl (C=O) groups excluding carboxylic acids is 2. The number of hydrogen-bond donors (Lipinski definition) is 1. The Morgan fingerprint density at radius 3 is 2.79 bits per heavy atom. The molecule has 2 amide bonds. The number of carbonyl (C=O) groups is 2. The van der Waals surface area contributed by atoms with E-state index in [0.717, 1.165) is 22.4 Å². The van der Waals surface area contributed by atoms with Crippen LogP contribution in [0.2, 0.25) is 0 Å². The number of aryl methyl sites for hydroxylation is 2. The van der Waals surface area contributed by atoms with Gasteiger partial charge in [-0.15, -0.1) is 0 Å². The molecule has 1 aromatic heterocycles. The second-order valence-electron chi connectivity index (χ2n) is 7.24. The number of anilines is 1. The van der Waals surface area contributed by atoms with Gasteiger partial charge in [-0.2, -0.15) is 4.98 Å². The van der Waals surface area contributed by atoms with Crippen molar-refractivity contribution >= 4 is 17.5 Å². The number of benzene rings is 2. The Kier molecular flexibility index (Phi) is 5.12. The molecule has 7 heteroatoms. The van der Waals surface area contributed by atoms with Gasteiger partial charge in [-0.1, -0.05) is 41.6 Å². The first-order chi connectivity index (χ1) is 14.0. The van der Waals surface area contributed by atoms with E-state index >= 15 is 0 Å². The van der Waals surface area contributed by atoms with E-state index in [-0.39, 0.29) is 24.2 Å². The minimum Gasteiger partial charge on any atom is -0.352 e. The van der Waals surface area contributed by atoms with Gasteiger partial charge in [0.15, 0.2) is 0 Å². The minimum atomic E-state index is -0.373. The maximum atomic E-state index is 12.6. The summed E-state index contributed by atoms with van der Waals surface area (Å²) in [5.74, 6) is 0.413. The summed E-state index contributed by atoms with van der Waals surface area (Å²) in [6.45, 7) is 4.56. The van der Waals surface area contributed by atoms with Gasteiger partial charge >= 0.3 is 0 Å². The molecule has 7 nitrogen and oxygen atoms in total. The molecule has 3 aromatic rings. The molecule has 0 spiro atoms. The highest BCUT2D eigenvalue weighted by Crippen LogP contribution is 2.28. The highest BCUT2D eigenvalue weighted by molar-refractivity contribution is 6.00. The Morgan fingerprint density at radius 2 is 2.03 bits per heavy atom. The summed E-state index contributed by atoms with van der Waals surface area (Å²) in [4.78, 5) is 31.1. The molecule has 0 bridgehead atoms. The van der Waals surface area contributed by atoms with E-state index in [1.165, 1.54) is 0 Å². The highest BCUT2D eigenvalue weighted by Gasteiger charge is 2.35. The summed E-state index contributed by atoms with van der Waals surface area (Å²) in [7, 11) is 0. The lowest BCUT2D eigenvalue weighted by Crippen LogP contribution is -2.32. The Bertz CT molecular complexity index is 1060. The zero-order valence-corrected chi connectivity index (χ0v) is 16.4. The summed E-state index contributed by atoms with van der Waals surface area (Å²) in [6, 6.07) is 15.3. The first-order valence-electron chi connectivity index (χ1n) is 9.54. The number of rotatable bonds is 5. The lowest BCUT2D eigenvalue weighted by Gasteiger charge is -2.17. The fraction of sp³-hybridized carbons (Fsp3) is 0.273. The third-order valence-electron chi connectivity index (χ3n) is 5.15. The van der Waals surface area contributed by atoms with Crippen molar-refractivity contribution in [1.29, 1.82) is 0 Å². The van der Waals surface area contributed by atoms with Gasteiger partial charge in [0.25, 0.3) is 0 Å². The van der Waals surface area contributed by atoms with Gasteiger partial charge in [-0.3, -0.25) is 9.59 Å². The lowest BCUT2D eigenvalue weighted by atomic mass is 10.1. The van der Waals surface area contributed by atoms with Crippen LogP contribution in [0.15, 0.2) is 53.1 Å². The Morgan fingerprint density at radius 1 is 1.21 bits per heavy atom. The molecule has 1 N–H and O–H groups in total. The second-order valence-corrected chi connectivity index (χ2v) is 7.24. The molecule has 1 aliphatic rings. The average molecular weight is 390 g/mol. The standard InChI is InChI=1S/C22H22N4O3/c1-14-6-3-4-7-17(14)12-23-22(28)18-11-20(27)26(13-18)19-9-5-8-16(10-19)21-24-15(2)29-25-21/h3-10,18H,11-13H2,1-2H3,(H,23,28). The van der Waals surface area contributed by atoms with Crippen LogP contribution in [0, 0.1) is 19.8 Å². The van der Waals surface area contributed by atoms with E-state index in [1.807, 2.05) is 55.5 Å². The molecule has 0 radical (unpaired) electrons. The predicted molar refractivity (Wildman–Crippen MR) is 108 cm³/mol. The van der Waals surface area contributed by atoms with Gasteiger partial charge in [0.1, 0.15) is 0 Å². The Balaban J connectivity index is 1.44. The second kappa shape index (κ2) is 7.87. The lowest BCUT2D eigenvalue weighted by molar-refractivity contribution is -0.126. The van der Waals surface area contributed by atoms with Crippen molar-refractivity contribution in [3.63, 3.8) is 0 Å². The molecule has 4 rings (SSSR count). The normalized spacial score (nSPS) is 16.3. The van der Waals surface area contributed by atoms with Crippen molar-refractivity contribution in [2.45, 2.75) is 26.8 Å². The van der Waals surface area contributed by atoms with Gasteiger partial charge in [0, 0.05) is 37.7 Å². The van der Waals surface area contributed by atoms with E-state index in [4.69, 9.17) is 4.52 Å². The molecule has 1 atom stereocenters. The smallest absolute Gasteiger partial charge is 0.227 e. The summed E-state index contributed by atoms with van der Waals surface area (Å²) in [5, 5.41) is 6.89. The van der Waals surface area contributed by atoms with Crippen molar-refractivity contribution in [3.8, 4) is 11.4 Å². The summed E-state index contributed by atoms with van der Waals surface area (Å²) in [5.41, 5.74) is 3.69. The molecule has 2 aromatic carbocycles. The zero-order valence-electron chi connectivity index (χ0n) is 16.4. The first kappa shape index (κ1) is 18.9. The monoisotopic (exact) mass is 390 g/mol. The van der Waals surface area contributed by atoms with Crippen LogP contribution in [0.4, 0.5) is 5.69 Å². The zero-order chi connectivity index (χ0) is 20.4. The van der Waals surface area contributed by atoms with Gasteiger partial charge in [0.2, 0.25) is 23.5 Å². The molecule has 29 heavy (non-hydrogen) atoms. The van der Waals surface area contributed by atoms with Crippen LogP contribution in [-0.2, 0) is 16.1 Å². The van der Waals surface area contributed by atoms with Crippen LogP contribution in [0.25, 0.3) is 11.4 Å². The quantitative estimate of drug-likeness (QED) is 0.723. The highest BCUT2D eigenvalue weighted by atomic mass is 16.5. The van der Waals surface area contributed by atoms with Crippen LogP contribution in [0.3, 0.4) is 0 Å². The van der Waals surface area contributed by atoms with Gasteiger partial charge in [0.05, 0.1) is 5.92 Å². The average Bonchev–Trinajstić information content (AvgIpc) is 3.33. The van der Waals surface area contributed by atoms with Crippen LogP contribution in [-0.4, -0.2) is 28.5 Å². The van der Waals surface area contributed by atoms with E-state index in [1.54, 1.807) is 11.8 Å². The number of nitrogens with zero attached hydrogens (tertiary/aromatic N) is 3. The van der Waals surface area contributed by atoms with Crippen LogP contribution in [0.1, 0.15) is 23.4 Å². The number of nitrogens with one attached hydrogen (secondary N) is 1. The number of aromatic nitrogens is 2. The summed E-state index contributed by atoms with van der Waals surface area (Å²) >= 11 is 0. The maximum absolute atomic E-state index is 12.6. The fourth-order valence-electron chi connectivity index (χ4n) is 3.50. The van der Waals surface area contributed by atoms with Crippen molar-refractivity contribution in [1.82, 2.24) is 15.5 Å². The molecular weight excluding hydrogens is 368 g/mol. The molecule has 0 aliphatic carbocycles. The molecule has 0 saturated carbocycles. The summed E-state index contributed by atoms with van der Waals surface area (Å²) in [6.07, 6.45) is 0.200. The van der Waals surface area contributed by atoms with E-state index in [0.29, 0.717) is 24.8 Å². The third-order valence-corrected chi connectivity index (χ3v) is 5.15. The van der Waals surface area contributed by atoms with Gasteiger partial charge in [-0.05, 0) is 30.2 Å². The Hall–Kier alpha value is -3.48. The fourth-order valence-corrected chi connectivity index (χ4v) is 3.50. The largest absolute Gasteiger partial charge is 0.352 e. The molecule has 1 saturated heterocycles. The summed E-state index contributed by atoms with van der Waals surface area (Å²) < 4.78 is 5.03. The van der Waals surface area contributed by atoms with Crippen molar-refractivity contribution < 1.29 is 14.1 Å². The first-order valence-corrected chi connectivity index (χ1v) is 9.54. The van der Waals surface area contributed by atoms with Crippen molar-refractivity contribution in [2.75, 3.05) is 11.4 Å². The van der Waals surface area contributed by atoms with Gasteiger partial charge in [-0.25, -0.2) is 0 Å².